The minimum Gasteiger partial charge on any atom is -0.310 e. The maximum atomic E-state index is 14.2. The maximum absolute atomic E-state index is 14.2. The molecule has 0 saturated carbocycles. The summed E-state index contributed by atoms with van der Waals surface area (Å²) < 4.78 is 15.9. The highest BCUT2D eigenvalue weighted by molar-refractivity contribution is 5.36. The van der Waals surface area contributed by atoms with Crippen molar-refractivity contribution in [3.8, 4) is 5.69 Å². The van der Waals surface area contributed by atoms with Crippen molar-refractivity contribution >= 4 is 0 Å². The van der Waals surface area contributed by atoms with E-state index in [9.17, 15) is 4.39 Å². The molecule has 1 unspecified atom stereocenters. The summed E-state index contributed by atoms with van der Waals surface area (Å²) in [5, 5.41) is 3.46. The lowest BCUT2D eigenvalue weighted by Crippen LogP contribution is -2.26. The van der Waals surface area contributed by atoms with Gasteiger partial charge in [-0.15, -0.1) is 0 Å². The molecule has 4 heteroatoms. The van der Waals surface area contributed by atoms with Crippen LogP contribution in [0.1, 0.15) is 24.5 Å². The molecule has 0 fully saturated rings. The summed E-state index contributed by atoms with van der Waals surface area (Å²) in [5.74, 6) is -0.232. The molecule has 0 saturated heterocycles. The van der Waals surface area contributed by atoms with Crippen molar-refractivity contribution in [2.45, 2.75) is 32.4 Å². The first-order chi connectivity index (χ1) is 11.7. The molecule has 1 atom stereocenters. The molecule has 3 aromatic rings. The number of benzene rings is 2. The van der Waals surface area contributed by atoms with Crippen LogP contribution in [-0.2, 0) is 13.0 Å². The van der Waals surface area contributed by atoms with Crippen LogP contribution in [0.2, 0.25) is 0 Å². The summed E-state index contributed by atoms with van der Waals surface area (Å²) in [4.78, 5) is 3.95. The second-order valence-electron chi connectivity index (χ2n) is 6.06. The topological polar surface area (TPSA) is 29.9 Å². The van der Waals surface area contributed by atoms with E-state index in [0.29, 0.717) is 18.3 Å². The normalized spacial score (nSPS) is 12.2. The SMILES string of the molecule is CC(CCc1ccccc1)NCc1ccc(-n2ccnc2)c(F)c1. The molecule has 0 amide bonds. The Morgan fingerprint density at radius 3 is 2.67 bits per heavy atom. The van der Waals surface area contributed by atoms with Crippen molar-refractivity contribution in [1.29, 1.82) is 0 Å². The van der Waals surface area contributed by atoms with Crippen molar-refractivity contribution in [1.82, 2.24) is 14.9 Å². The van der Waals surface area contributed by atoms with Crippen LogP contribution in [0, 0.1) is 5.82 Å². The predicted octanol–water partition coefficient (Wildman–Crippen LogP) is 4.12. The lowest BCUT2D eigenvalue weighted by atomic mass is 10.1. The van der Waals surface area contributed by atoms with Crippen molar-refractivity contribution in [2.24, 2.45) is 0 Å². The van der Waals surface area contributed by atoms with Gasteiger partial charge in [0.1, 0.15) is 5.82 Å². The zero-order valence-electron chi connectivity index (χ0n) is 13.8. The molecule has 2 aromatic carbocycles. The Morgan fingerprint density at radius 1 is 1.12 bits per heavy atom. The molecule has 0 aliphatic rings. The summed E-state index contributed by atoms with van der Waals surface area (Å²) in [6.45, 7) is 2.83. The van der Waals surface area contributed by atoms with Crippen LogP contribution in [0.4, 0.5) is 4.39 Å². The standard InChI is InChI=1S/C20H22FN3/c1-16(7-8-17-5-3-2-4-6-17)23-14-18-9-10-20(19(21)13-18)24-12-11-22-15-24/h2-6,9-13,15-16,23H,7-8,14H2,1H3. The Labute approximate surface area is 142 Å². The molecule has 0 aliphatic heterocycles. The van der Waals surface area contributed by atoms with E-state index in [2.05, 4.69) is 41.5 Å². The first kappa shape index (κ1) is 16.4. The number of hydrogen-bond acceptors (Lipinski definition) is 2. The Morgan fingerprint density at radius 2 is 1.96 bits per heavy atom. The van der Waals surface area contributed by atoms with Gasteiger partial charge in [0.15, 0.2) is 0 Å². The predicted molar refractivity (Wildman–Crippen MR) is 94.6 cm³/mol. The van der Waals surface area contributed by atoms with Gasteiger partial charge < -0.3 is 9.88 Å². The van der Waals surface area contributed by atoms with E-state index in [0.717, 1.165) is 18.4 Å². The van der Waals surface area contributed by atoms with Gasteiger partial charge in [-0.2, -0.15) is 0 Å². The monoisotopic (exact) mass is 323 g/mol. The molecule has 0 bridgehead atoms. The van der Waals surface area contributed by atoms with Crippen LogP contribution in [-0.4, -0.2) is 15.6 Å². The molecule has 124 valence electrons. The lowest BCUT2D eigenvalue weighted by Gasteiger charge is -2.14. The highest BCUT2D eigenvalue weighted by Gasteiger charge is 2.07. The molecule has 1 N–H and O–H groups in total. The van der Waals surface area contributed by atoms with E-state index in [1.165, 1.54) is 5.56 Å². The molecule has 0 spiro atoms. The van der Waals surface area contributed by atoms with Gasteiger partial charge >= 0.3 is 0 Å². The van der Waals surface area contributed by atoms with Crippen LogP contribution in [0.5, 0.6) is 0 Å². The zero-order valence-corrected chi connectivity index (χ0v) is 13.8. The van der Waals surface area contributed by atoms with Crippen LogP contribution < -0.4 is 5.32 Å². The molecule has 3 rings (SSSR count). The summed E-state index contributed by atoms with van der Waals surface area (Å²) >= 11 is 0. The number of imidazole rings is 1. The molecule has 24 heavy (non-hydrogen) atoms. The van der Waals surface area contributed by atoms with Gasteiger partial charge in [-0.1, -0.05) is 36.4 Å². The number of halogens is 1. The largest absolute Gasteiger partial charge is 0.310 e. The highest BCUT2D eigenvalue weighted by atomic mass is 19.1. The maximum Gasteiger partial charge on any atom is 0.147 e. The molecular formula is C20H22FN3. The highest BCUT2D eigenvalue weighted by Crippen LogP contribution is 2.15. The Bertz CT molecular complexity index is 754. The average molecular weight is 323 g/mol. The smallest absolute Gasteiger partial charge is 0.147 e. The summed E-state index contributed by atoms with van der Waals surface area (Å²) in [7, 11) is 0. The first-order valence-corrected chi connectivity index (χ1v) is 8.26. The van der Waals surface area contributed by atoms with Crippen molar-refractivity contribution in [2.75, 3.05) is 0 Å². The number of nitrogens with zero attached hydrogens (tertiary/aromatic N) is 2. The summed E-state index contributed by atoms with van der Waals surface area (Å²) in [6.07, 6.45) is 7.08. The van der Waals surface area contributed by atoms with Crippen LogP contribution in [0.25, 0.3) is 5.69 Å². The van der Waals surface area contributed by atoms with Crippen LogP contribution in [0.15, 0.2) is 67.3 Å². The zero-order chi connectivity index (χ0) is 16.8. The van der Waals surface area contributed by atoms with E-state index < -0.39 is 0 Å². The fraction of sp³-hybridized carbons (Fsp3) is 0.250. The minimum atomic E-state index is -0.232. The van der Waals surface area contributed by atoms with Gasteiger partial charge in [0.05, 0.1) is 12.0 Å². The fourth-order valence-electron chi connectivity index (χ4n) is 2.69. The Hall–Kier alpha value is -2.46. The second-order valence-corrected chi connectivity index (χ2v) is 6.06. The van der Waals surface area contributed by atoms with Gasteiger partial charge in [-0.25, -0.2) is 9.37 Å². The van der Waals surface area contributed by atoms with Crippen molar-refractivity contribution in [3.63, 3.8) is 0 Å². The van der Waals surface area contributed by atoms with Crippen molar-refractivity contribution in [3.05, 3.63) is 84.2 Å². The lowest BCUT2D eigenvalue weighted by molar-refractivity contribution is 0.512. The van der Waals surface area contributed by atoms with E-state index >= 15 is 0 Å². The third kappa shape index (κ3) is 4.30. The minimum absolute atomic E-state index is 0.232. The molecule has 0 aliphatic carbocycles. The van der Waals surface area contributed by atoms with Gasteiger partial charge in [-0.3, -0.25) is 0 Å². The molecule has 0 radical (unpaired) electrons. The number of hydrogen-bond donors (Lipinski definition) is 1. The fourth-order valence-corrected chi connectivity index (χ4v) is 2.69. The van der Waals surface area contributed by atoms with Gasteiger partial charge in [0.25, 0.3) is 0 Å². The van der Waals surface area contributed by atoms with Gasteiger partial charge in [0.2, 0.25) is 0 Å². The van der Waals surface area contributed by atoms with E-state index in [-0.39, 0.29) is 5.82 Å². The van der Waals surface area contributed by atoms with Crippen molar-refractivity contribution < 1.29 is 4.39 Å². The number of aromatic nitrogens is 2. The van der Waals surface area contributed by atoms with Gasteiger partial charge in [0, 0.05) is 25.0 Å². The average Bonchev–Trinajstić information content (AvgIpc) is 3.13. The van der Waals surface area contributed by atoms with Gasteiger partial charge in [-0.05, 0) is 43.0 Å². The third-order valence-electron chi connectivity index (χ3n) is 4.16. The van der Waals surface area contributed by atoms with Crippen LogP contribution in [0.3, 0.4) is 0 Å². The third-order valence-corrected chi connectivity index (χ3v) is 4.16. The van der Waals surface area contributed by atoms with E-state index in [4.69, 9.17) is 0 Å². The Kier molecular flexibility index (Phi) is 5.39. The second kappa shape index (κ2) is 7.88. The molecular weight excluding hydrogens is 301 g/mol. The van der Waals surface area contributed by atoms with E-state index in [1.54, 1.807) is 35.4 Å². The number of nitrogens with one attached hydrogen (secondary N) is 1. The molecule has 1 heterocycles. The Balaban J connectivity index is 1.52. The van der Waals surface area contributed by atoms with E-state index in [1.807, 2.05) is 12.1 Å². The molecule has 1 aromatic heterocycles. The molecule has 3 nitrogen and oxygen atoms in total. The summed E-state index contributed by atoms with van der Waals surface area (Å²) in [5.41, 5.74) is 2.82. The number of aryl methyl sites for hydroxylation is 1. The first-order valence-electron chi connectivity index (χ1n) is 8.26. The number of rotatable bonds is 7. The summed E-state index contributed by atoms with van der Waals surface area (Å²) in [6, 6.07) is 16.2. The van der Waals surface area contributed by atoms with Crippen LogP contribution >= 0.6 is 0 Å². The quantitative estimate of drug-likeness (QED) is 0.709.